The lowest BCUT2D eigenvalue weighted by molar-refractivity contribution is 1.10. The van der Waals surface area contributed by atoms with Gasteiger partial charge in [-0.15, -0.1) is 0 Å². The second kappa shape index (κ2) is 5.21. The number of H-pyrrole nitrogens is 1. The first-order valence-electron chi connectivity index (χ1n) is 6.76. The molecular weight excluding hydrogens is 246 g/mol. The SMILES string of the molecule is CCc1cc(-c2cccc(-c3ccn[nH]3)c2)ccc1N. The summed E-state index contributed by atoms with van der Waals surface area (Å²) >= 11 is 0. The molecule has 0 unspecified atom stereocenters. The van der Waals surface area contributed by atoms with Gasteiger partial charge >= 0.3 is 0 Å². The zero-order chi connectivity index (χ0) is 13.9. The van der Waals surface area contributed by atoms with Gasteiger partial charge in [0.2, 0.25) is 0 Å². The van der Waals surface area contributed by atoms with E-state index in [1.165, 1.54) is 16.7 Å². The number of nitrogens with zero attached hydrogens (tertiary/aromatic N) is 1. The van der Waals surface area contributed by atoms with Gasteiger partial charge < -0.3 is 5.73 Å². The molecule has 0 fully saturated rings. The zero-order valence-corrected chi connectivity index (χ0v) is 11.4. The fourth-order valence-electron chi connectivity index (χ4n) is 2.37. The van der Waals surface area contributed by atoms with Crippen LogP contribution in [-0.2, 0) is 6.42 Å². The van der Waals surface area contributed by atoms with Crippen LogP contribution in [0.1, 0.15) is 12.5 Å². The third-order valence-electron chi connectivity index (χ3n) is 3.53. The van der Waals surface area contributed by atoms with E-state index in [4.69, 9.17) is 5.73 Å². The van der Waals surface area contributed by atoms with Gasteiger partial charge in [-0.2, -0.15) is 5.10 Å². The van der Waals surface area contributed by atoms with E-state index in [1.807, 2.05) is 12.1 Å². The Kier molecular flexibility index (Phi) is 3.25. The van der Waals surface area contributed by atoms with Crippen LogP contribution in [0.5, 0.6) is 0 Å². The highest BCUT2D eigenvalue weighted by molar-refractivity contribution is 5.73. The Morgan fingerprint density at radius 1 is 1.00 bits per heavy atom. The average Bonchev–Trinajstić information content (AvgIpc) is 3.02. The molecule has 1 heterocycles. The molecule has 0 saturated heterocycles. The molecule has 3 nitrogen and oxygen atoms in total. The Morgan fingerprint density at radius 3 is 2.55 bits per heavy atom. The van der Waals surface area contributed by atoms with E-state index in [9.17, 15) is 0 Å². The average molecular weight is 263 g/mol. The van der Waals surface area contributed by atoms with E-state index >= 15 is 0 Å². The molecule has 0 saturated carbocycles. The molecule has 0 radical (unpaired) electrons. The molecule has 1 aromatic heterocycles. The normalized spacial score (nSPS) is 10.7. The molecule has 0 aliphatic heterocycles. The fourth-order valence-corrected chi connectivity index (χ4v) is 2.37. The van der Waals surface area contributed by atoms with Gasteiger partial charge in [-0.25, -0.2) is 0 Å². The van der Waals surface area contributed by atoms with Crippen LogP contribution in [0.2, 0.25) is 0 Å². The number of nitrogens with two attached hydrogens (primary N) is 1. The van der Waals surface area contributed by atoms with E-state index in [1.54, 1.807) is 6.20 Å². The van der Waals surface area contributed by atoms with Gasteiger partial charge in [0.15, 0.2) is 0 Å². The first-order valence-corrected chi connectivity index (χ1v) is 6.76. The van der Waals surface area contributed by atoms with Crippen molar-refractivity contribution in [3.8, 4) is 22.4 Å². The number of hydrogen-bond acceptors (Lipinski definition) is 2. The number of aryl methyl sites for hydroxylation is 1. The molecule has 3 aromatic rings. The maximum atomic E-state index is 5.97. The van der Waals surface area contributed by atoms with Crippen LogP contribution < -0.4 is 5.73 Å². The van der Waals surface area contributed by atoms with Crippen molar-refractivity contribution < 1.29 is 0 Å². The maximum absolute atomic E-state index is 5.97. The molecule has 20 heavy (non-hydrogen) atoms. The molecule has 0 bridgehead atoms. The molecule has 0 spiro atoms. The molecule has 0 amide bonds. The van der Waals surface area contributed by atoms with Gasteiger partial charge in [0, 0.05) is 17.4 Å². The highest BCUT2D eigenvalue weighted by Gasteiger charge is 2.04. The summed E-state index contributed by atoms with van der Waals surface area (Å²) in [5, 5.41) is 6.99. The number of hydrogen-bond donors (Lipinski definition) is 2. The second-order valence-electron chi connectivity index (χ2n) is 4.82. The van der Waals surface area contributed by atoms with Gasteiger partial charge in [0.25, 0.3) is 0 Å². The summed E-state index contributed by atoms with van der Waals surface area (Å²) in [6, 6.07) is 16.6. The predicted octanol–water partition coefficient (Wildman–Crippen LogP) is 3.89. The van der Waals surface area contributed by atoms with E-state index in [0.717, 1.165) is 23.4 Å². The minimum atomic E-state index is 0.862. The number of aromatic amines is 1. The van der Waals surface area contributed by atoms with Crippen LogP contribution >= 0.6 is 0 Å². The van der Waals surface area contributed by atoms with Crippen molar-refractivity contribution in [1.82, 2.24) is 10.2 Å². The van der Waals surface area contributed by atoms with Crippen molar-refractivity contribution in [2.45, 2.75) is 13.3 Å². The fraction of sp³-hybridized carbons (Fsp3) is 0.118. The summed E-state index contributed by atoms with van der Waals surface area (Å²) in [4.78, 5) is 0. The third-order valence-corrected chi connectivity index (χ3v) is 3.53. The van der Waals surface area contributed by atoms with Crippen molar-refractivity contribution in [2.24, 2.45) is 0 Å². The van der Waals surface area contributed by atoms with Crippen molar-refractivity contribution in [1.29, 1.82) is 0 Å². The Labute approximate surface area is 118 Å². The molecule has 3 rings (SSSR count). The Balaban J connectivity index is 2.04. The highest BCUT2D eigenvalue weighted by atomic mass is 15.1. The number of rotatable bonds is 3. The number of nitrogen functional groups attached to an aromatic ring is 1. The molecule has 0 aliphatic rings. The minimum absolute atomic E-state index is 0.862. The zero-order valence-electron chi connectivity index (χ0n) is 11.4. The molecule has 0 aliphatic carbocycles. The van der Waals surface area contributed by atoms with Crippen LogP contribution in [0, 0.1) is 0 Å². The number of aromatic nitrogens is 2. The van der Waals surface area contributed by atoms with E-state index < -0.39 is 0 Å². The Hall–Kier alpha value is -2.55. The summed E-state index contributed by atoms with van der Waals surface area (Å²) in [7, 11) is 0. The lowest BCUT2D eigenvalue weighted by atomic mass is 9.98. The molecule has 3 N–H and O–H groups in total. The lowest BCUT2D eigenvalue weighted by Gasteiger charge is -2.08. The summed E-state index contributed by atoms with van der Waals surface area (Å²) in [6.07, 6.45) is 2.71. The van der Waals surface area contributed by atoms with Gasteiger partial charge in [-0.05, 0) is 47.4 Å². The van der Waals surface area contributed by atoms with Gasteiger partial charge in [0.1, 0.15) is 0 Å². The van der Waals surface area contributed by atoms with Gasteiger partial charge in [-0.1, -0.05) is 31.2 Å². The summed E-state index contributed by atoms with van der Waals surface area (Å²) in [5.41, 5.74) is 12.6. The Bertz CT molecular complexity index is 715. The van der Waals surface area contributed by atoms with Crippen LogP contribution in [0.25, 0.3) is 22.4 Å². The third kappa shape index (κ3) is 2.30. The quantitative estimate of drug-likeness (QED) is 0.704. The van der Waals surface area contributed by atoms with Crippen LogP contribution in [0.3, 0.4) is 0 Å². The van der Waals surface area contributed by atoms with Crippen molar-refractivity contribution in [3.05, 3.63) is 60.3 Å². The van der Waals surface area contributed by atoms with Gasteiger partial charge in [-0.3, -0.25) is 5.10 Å². The lowest BCUT2D eigenvalue weighted by Crippen LogP contribution is -1.93. The van der Waals surface area contributed by atoms with Crippen molar-refractivity contribution >= 4 is 5.69 Å². The standard InChI is InChI=1S/C17H17N3/c1-2-12-10-14(6-7-16(12)18)13-4-3-5-15(11-13)17-8-9-19-20-17/h3-11H,2,18H2,1H3,(H,19,20). The monoisotopic (exact) mass is 263 g/mol. The first kappa shape index (κ1) is 12.5. The van der Waals surface area contributed by atoms with Crippen molar-refractivity contribution in [3.63, 3.8) is 0 Å². The number of nitrogens with one attached hydrogen (secondary N) is 1. The number of anilines is 1. The number of benzene rings is 2. The van der Waals surface area contributed by atoms with E-state index in [0.29, 0.717) is 0 Å². The molecule has 2 aromatic carbocycles. The summed E-state index contributed by atoms with van der Waals surface area (Å²) < 4.78 is 0. The van der Waals surface area contributed by atoms with Crippen LogP contribution in [0.15, 0.2) is 54.7 Å². The maximum Gasteiger partial charge on any atom is 0.0650 e. The molecule has 100 valence electrons. The van der Waals surface area contributed by atoms with Crippen molar-refractivity contribution in [2.75, 3.05) is 5.73 Å². The molecule has 3 heteroatoms. The van der Waals surface area contributed by atoms with E-state index in [2.05, 4.69) is 53.5 Å². The topological polar surface area (TPSA) is 54.7 Å². The molecule has 0 atom stereocenters. The highest BCUT2D eigenvalue weighted by Crippen LogP contribution is 2.27. The Morgan fingerprint density at radius 2 is 1.80 bits per heavy atom. The molecular formula is C17H17N3. The smallest absolute Gasteiger partial charge is 0.0650 e. The second-order valence-corrected chi connectivity index (χ2v) is 4.82. The largest absolute Gasteiger partial charge is 0.399 e. The predicted molar refractivity (Wildman–Crippen MR) is 83.3 cm³/mol. The summed E-state index contributed by atoms with van der Waals surface area (Å²) in [5.74, 6) is 0. The van der Waals surface area contributed by atoms with E-state index in [-0.39, 0.29) is 0 Å². The first-order chi connectivity index (χ1) is 9.78. The van der Waals surface area contributed by atoms with Crippen LogP contribution in [-0.4, -0.2) is 10.2 Å². The van der Waals surface area contributed by atoms with Crippen LogP contribution in [0.4, 0.5) is 5.69 Å². The van der Waals surface area contributed by atoms with Gasteiger partial charge in [0.05, 0.1) is 5.69 Å². The minimum Gasteiger partial charge on any atom is -0.399 e. The summed E-state index contributed by atoms with van der Waals surface area (Å²) in [6.45, 7) is 2.12.